The Morgan fingerprint density at radius 3 is 2.50 bits per heavy atom. The molecule has 1 N–H and O–H groups in total. The molecule has 0 aromatic carbocycles. The van der Waals surface area contributed by atoms with Crippen molar-refractivity contribution in [3.63, 3.8) is 0 Å². The second-order valence-corrected chi connectivity index (χ2v) is 4.37. The molecule has 0 saturated carbocycles. The van der Waals surface area contributed by atoms with Crippen molar-refractivity contribution in [3.05, 3.63) is 0 Å². The van der Waals surface area contributed by atoms with Crippen molar-refractivity contribution < 1.29 is 9.47 Å². The van der Waals surface area contributed by atoms with Crippen LogP contribution in [0.1, 0.15) is 47.0 Å². The van der Waals surface area contributed by atoms with E-state index >= 15 is 0 Å². The smallest absolute Gasteiger partial charge is 0.0623 e. The summed E-state index contributed by atoms with van der Waals surface area (Å²) in [6.07, 6.45) is 3.73. The minimum atomic E-state index is 0.317. The van der Waals surface area contributed by atoms with Gasteiger partial charge >= 0.3 is 0 Å². The van der Waals surface area contributed by atoms with Crippen LogP contribution in [0.2, 0.25) is 0 Å². The average Bonchev–Trinajstić information content (AvgIpc) is 2.26. The zero-order valence-electron chi connectivity index (χ0n) is 11.4. The van der Waals surface area contributed by atoms with Crippen LogP contribution in [0.3, 0.4) is 0 Å². The normalized spacial score (nSPS) is 13.3. The average molecular weight is 231 g/mol. The van der Waals surface area contributed by atoms with Crippen molar-refractivity contribution in [2.45, 2.75) is 59.1 Å². The summed E-state index contributed by atoms with van der Waals surface area (Å²) in [5.41, 5.74) is 0. The SMILES string of the molecule is CCCNC(CCCOCC)COC(C)C. The first-order chi connectivity index (χ1) is 7.70. The van der Waals surface area contributed by atoms with E-state index in [1.807, 2.05) is 6.92 Å². The van der Waals surface area contributed by atoms with E-state index in [0.29, 0.717) is 12.1 Å². The molecule has 98 valence electrons. The standard InChI is InChI=1S/C13H29NO2/c1-5-9-14-13(11-16-12(3)4)8-7-10-15-6-2/h12-14H,5-11H2,1-4H3. The Balaban J connectivity index is 3.62. The van der Waals surface area contributed by atoms with Gasteiger partial charge in [0.25, 0.3) is 0 Å². The van der Waals surface area contributed by atoms with Crippen LogP contribution in [0, 0.1) is 0 Å². The fourth-order valence-corrected chi connectivity index (χ4v) is 1.48. The first kappa shape index (κ1) is 15.9. The van der Waals surface area contributed by atoms with Crippen LogP contribution in [0.5, 0.6) is 0 Å². The number of nitrogens with one attached hydrogen (secondary N) is 1. The van der Waals surface area contributed by atoms with Gasteiger partial charge in [0.15, 0.2) is 0 Å². The lowest BCUT2D eigenvalue weighted by Gasteiger charge is -2.20. The molecule has 0 heterocycles. The van der Waals surface area contributed by atoms with E-state index in [2.05, 4.69) is 26.1 Å². The lowest BCUT2D eigenvalue weighted by Crippen LogP contribution is -2.35. The summed E-state index contributed by atoms with van der Waals surface area (Å²) in [6, 6.07) is 0.475. The van der Waals surface area contributed by atoms with Crippen LogP contribution in [-0.2, 0) is 9.47 Å². The second-order valence-electron chi connectivity index (χ2n) is 4.37. The molecule has 0 rings (SSSR count). The van der Waals surface area contributed by atoms with Crippen molar-refractivity contribution in [2.24, 2.45) is 0 Å². The largest absolute Gasteiger partial charge is 0.382 e. The molecule has 0 radical (unpaired) electrons. The van der Waals surface area contributed by atoms with E-state index in [1.165, 1.54) is 6.42 Å². The Morgan fingerprint density at radius 1 is 1.19 bits per heavy atom. The molecule has 1 atom stereocenters. The molecule has 1 unspecified atom stereocenters. The van der Waals surface area contributed by atoms with Gasteiger partial charge in [-0.3, -0.25) is 0 Å². The van der Waals surface area contributed by atoms with E-state index < -0.39 is 0 Å². The maximum atomic E-state index is 5.65. The molecule has 0 amide bonds. The maximum Gasteiger partial charge on any atom is 0.0623 e. The molecule has 0 aliphatic heterocycles. The summed E-state index contributed by atoms with van der Waals surface area (Å²) >= 11 is 0. The predicted octanol–water partition coefficient (Wildman–Crippen LogP) is 2.60. The molecule has 0 aliphatic carbocycles. The van der Waals surface area contributed by atoms with Gasteiger partial charge in [-0.1, -0.05) is 6.92 Å². The molecule has 0 bridgehead atoms. The molecule has 0 spiro atoms. The van der Waals surface area contributed by atoms with Gasteiger partial charge in [0.1, 0.15) is 0 Å². The van der Waals surface area contributed by atoms with E-state index in [4.69, 9.17) is 9.47 Å². The number of ether oxygens (including phenoxy) is 2. The van der Waals surface area contributed by atoms with Crippen molar-refractivity contribution in [2.75, 3.05) is 26.4 Å². The third-order valence-electron chi connectivity index (χ3n) is 2.36. The van der Waals surface area contributed by atoms with Crippen LogP contribution >= 0.6 is 0 Å². The van der Waals surface area contributed by atoms with Gasteiger partial charge in [-0.05, 0) is 46.6 Å². The van der Waals surface area contributed by atoms with Crippen LogP contribution in [-0.4, -0.2) is 38.5 Å². The first-order valence-electron chi connectivity index (χ1n) is 6.63. The quantitative estimate of drug-likeness (QED) is 0.554. The summed E-state index contributed by atoms with van der Waals surface area (Å²) in [4.78, 5) is 0. The molecule has 0 aromatic rings. The minimum Gasteiger partial charge on any atom is -0.382 e. The van der Waals surface area contributed by atoms with Crippen LogP contribution in [0.15, 0.2) is 0 Å². The van der Waals surface area contributed by atoms with Crippen LogP contribution < -0.4 is 5.32 Å². The minimum absolute atomic E-state index is 0.317. The molecular formula is C13H29NO2. The topological polar surface area (TPSA) is 30.5 Å². The zero-order chi connectivity index (χ0) is 12.2. The predicted molar refractivity (Wildman–Crippen MR) is 68.9 cm³/mol. The van der Waals surface area contributed by atoms with Crippen molar-refractivity contribution in [1.82, 2.24) is 5.32 Å². The van der Waals surface area contributed by atoms with E-state index in [1.54, 1.807) is 0 Å². The molecule has 0 fully saturated rings. The van der Waals surface area contributed by atoms with Crippen molar-refractivity contribution in [1.29, 1.82) is 0 Å². The summed E-state index contributed by atoms with van der Waals surface area (Å²) in [5, 5.41) is 3.52. The Hall–Kier alpha value is -0.120. The number of rotatable bonds is 11. The molecular weight excluding hydrogens is 202 g/mol. The third-order valence-corrected chi connectivity index (χ3v) is 2.36. The van der Waals surface area contributed by atoms with Crippen molar-refractivity contribution >= 4 is 0 Å². The molecule has 3 heteroatoms. The van der Waals surface area contributed by atoms with E-state index in [0.717, 1.165) is 39.2 Å². The van der Waals surface area contributed by atoms with Gasteiger partial charge in [0, 0.05) is 19.3 Å². The fourth-order valence-electron chi connectivity index (χ4n) is 1.48. The maximum absolute atomic E-state index is 5.65. The summed E-state index contributed by atoms with van der Waals surface area (Å²) < 4.78 is 11.0. The van der Waals surface area contributed by atoms with Crippen LogP contribution in [0.4, 0.5) is 0 Å². The lowest BCUT2D eigenvalue weighted by molar-refractivity contribution is 0.0563. The van der Waals surface area contributed by atoms with Gasteiger partial charge in [-0.25, -0.2) is 0 Å². The molecule has 16 heavy (non-hydrogen) atoms. The fraction of sp³-hybridized carbons (Fsp3) is 1.00. The zero-order valence-corrected chi connectivity index (χ0v) is 11.4. The highest BCUT2D eigenvalue weighted by Gasteiger charge is 2.08. The third kappa shape index (κ3) is 10.4. The van der Waals surface area contributed by atoms with Gasteiger partial charge in [0.05, 0.1) is 12.7 Å². The van der Waals surface area contributed by atoms with E-state index in [9.17, 15) is 0 Å². The number of hydrogen-bond donors (Lipinski definition) is 1. The summed E-state index contributed by atoms with van der Waals surface area (Å²) in [5.74, 6) is 0. The van der Waals surface area contributed by atoms with Gasteiger partial charge in [-0.2, -0.15) is 0 Å². The summed E-state index contributed by atoms with van der Waals surface area (Å²) in [6.45, 7) is 11.9. The summed E-state index contributed by atoms with van der Waals surface area (Å²) in [7, 11) is 0. The Morgan fingerprint density at radius 2 is 1.94 bits per heavy atom. The van der Waals surface area contributed by atoms with Gasteiger partial charge in [0.2, 0.25) is 0 Å². The van der Waals surface area contributed by atoms with E-state index in [-0.39, 0.29) is 0 Å². The Labute approximate surface area is 101 Å². The highest BCUT2D eigenvalue weighted by Crippen LogP contribution is 2.01. The molecule has 0 aromatic heterocycles. The lowest BCUT2D eigenvalue weighted by atomic mass is 10.1. The number of hydrogen-bond acceptors (Lipinski definition) is 3. The Kier molecular flexibility index (Phi) is 11.3. The highest BCUT2D eigenvalue weighted by atomic mass is 16.5. The first-order valence-corrected chi connectivity index (χ1v) is 6.63. The van der Waals surface area contributed by atoms with Crippen LogP contribution in [0.25, 0.3) is 0 Å². The molecule has 0 aliphatic rings. The monoisotopic (exact) mass is 231 g/mol. The van der Waals surface area contributed by atoms with Gasteiger partial charge in [-0.15, -0.1) is 0 Å². The highest BCUT2D eigenvalue weighted by molar-refractivity contribution is 4.66. The van der Waals surface area contributed by atoms with Gasteiger partial charge < -0.3 is 14.8 Å². The molecule has 3 nitrogen and oxygen atoms in total. The molecule has 0 saturated heterocycles. The second kappa shape index (κ2) is 11.4. The van der Waals surface area contributed by atoms with Crippen molar-refractivity contribution in [3.8, 4) is 0 Å². The Bertz CT molecular complexity index is 140.